The molecule has 0 saturated heterocycles. The summed E-state index contributed by atoms with van der Waals surface area (Å²) in [4.78, 5) is 0. The lowest BCUT2D eigenvalue weighted by Gasteiger charge is -2.00. The number of hydrogen-bond donors (Lipinski definition) is 1. The first kappa shape index (κ1) is 10.2. The molecule has 0 amide bonds. The van der Waals surface area contributed by atoms with Crippen LogP contribution < -0.4 is 0 Å². The molecule has 0 unspecified atom stereocenters. The highest BCUT2D eigenvalue weighted by Gasteiger charge is 2.12. The Labute approximate surface area is 82.4 Å². The summed E-state index contributed by atoms with van der Waals surface area (Å²) in [5, 5.41) is 9.84. The molecule has 0 saturated carbocycles. The van der Waals surface area contributed by atoms with Crippen molar-refractivity contribution in [1.82, 2.24) is 0 Å². The second-order valence-corrected chi connectivity index (χ2v) is 2.90. The minimum atomic E-state index is -0.853. The van der Waals surface area contributed by atoms with Crippen molar-refractivity contribution < 1.29 is 14.0 Å². The van der Waals surface area contributed by atoms with Gasteiger partial charge in [0.25, 0.3) is 0 Å². The summed E-state index contributed by atoms with van der Waals surface area (Å²) >= 11 is 10.5. The fourth-order valence-corrected chi connectivity index (χ4v) is 1.03. The molecule has 13 heavy (non-hydrogen) atoms. The van der Waals surface area contributed by atoms with E-state index < -0.39 is 16.8 Å². The zero-order chi connectivity index (χ0) is 10.0. The lowest BCUT2D eigenvalue weighted by molar-refractivity contribution is 0.320. The van der Waals surface area contributed by atoms with Crippen molar-refractivity contribution in [2.24, 2.45) is 5.16 Å². The second kappa shape index (κ2) is 3.89. The first-order chi connectivity index (χ1) is 6.06. The summed E-state index contributed by atoms with van der Waals surface area (Å²) in [7, 11) is 0. The predicted molar refractivity (Wildman–Crippen MR) is 45.5 cm³/mol. The van der Waals surface area contributed by atoms with Gasteiger partial charge in [0.1, 0.15) is 11.6 Å². The van der Waals surface area contributed by atoms with Crippen molar-refractivity contribution in [3.05, 3.63) is 34.4 Å². The van der Waals surface area contributed by atoms with Gasteiger partial charge < -0.3 is 5.21 Å². The molecule has 0 atom stereocenters. The molecule has 1 rings (SSSR count). The van der Waals surface area contributed by atoms with E-state index in [0.29, 0.717) is 0 Å². The first-order valence-corrected chi connectivity index (χ1v) is 3.84. The maximum absolute atomic E-state index is 12.9. The Kier molecular flexibility index (Phi) is 3.06. The van der Waals surface area contributed by atoms with Crippen LogP contribution in [0.1, 0.15) is 5.56 Å². The van der Waals surface area contributed by atoms with Gasteiger partial charge in [0.05, 0.1) is 10.6 Å². The molecular formula is C7H3Cl2F2NO. The largest absolute Gasteiger partial charge is 0.410 e. The highest BCUT2D eigenvalue weighted by Crippen LogP contribution is 2.20. The van der Waals surface area contributed by atoms with E-state index in [4.69, 9.17) is 28.4 Å². The van der Waals surface area contributed by atoms with E-state index in [-0.39, 0.29) is 10.6 Å². The first-order valence-electron chi connectivity index (χ1n) is 3.08. The number of benzene rings is 1. The topological polar surface area (TPSA) is 32.6 Å². The van der Waals surface area contributed by atoms with Crippen molar-refractivity contribution in [1.29, 1.82) is 0 Å². The van der Waals surface area contributed by atoms with Crippen molar-refractivity contribution in [2.45, 2.75) is 0 Å². The van der Waals surface area contributed by atoms with Gasteiger partial charge in [-0.05, 0) is 12.1 Å². The molecule has 0 spiro atoms. The SMILES string of the molecule is O/N=C(/Cl)c1cc(F)c(Cl)cc1F. The van der Waals surface area contributed by atoms with Crippen LogP contribution in [0.2, 0.25) is 5.02 Å². The molecule has 6 heteroatoms. The van der Waals surface area contributed by atoms with E-state index in [1.807, 2.05) is 0 Å². The van der Waals surface area contributed by atoms with Crippen LogP contribution in [0.5, 0.6) is 0 Å². The summed E-state index contributed by atoms with van der Waals surface area (Å²) in [5.74, 6) is -1.69. The fraction of sp³-hybridized carbons (Fsp3) is 0. The molecule has 0 bridgehead atoms. The molecule has 0 aliphatic carbocycles. The van der Waals surface area contributed by atoms with E-state index in [1.165, 1.54) is 0 Å². The molecule has 1 N–H and O–H groups in total. The van der Waals surface area contributed by atoms with Crippen molar-refractivity contribution >= 4 is 28.4 Å². The third-order valence-corrected chi connectivity index (χ3v) is 1.89. The maximum atomic E-state index is 12.9. The molecule has 0 aromatic heterocycles. The normalized spacial score (nSPS) is 11.8. The zero-order valence-electron chi connectivity index (χ0n) is 6.06. The lowest BCUT2D eigenvalue weighted by atomic mass is 10.2. The summed E-state index contributed by atoms with van der Waals surface area (Å²) < 4.78 is 25.7. The summed E-state index contributed by atoms with van der Waals surface area (Å²) in [6.07, 6.45) is 0. The molecular weight excluding hydrogens is 223 g/mol. The van der Waals surface area contributed by atoms with Crippen LogP contribution in [0.4, 0.5) is 8.78 Å². The monoisotopic (exact) mass is 225 g/mol. The van der Waals surface area contributed by atoms with E-state index in [9.17, 15) is 8.78 Å². The van der Waals surface area contributed by atoms with Gasteiger partial charge in [0.15, 0.2) is 5.17 Å². The van der Waals surface area contributed by atoms with Crippen LogP contribution in [-0.4, -0.2) is 10.4 Å². The highest BCUT2D eigenvalue weighted by atomic mass is 35.5. The summed E-state index contributed by atoms with van der Waals surface area (Å²) in [5.41, 5.74) is -0.342. The number of nitrogens with zero attached hydrogens (tertiary/aromatic N) is 1. The molecule has 1 aromatic rings. The number of hydrogen-bond acceptors (Lipinski definition) is 2. The maximum Gasteiger partial charge on any atom is 0.178 e. The standard InChI is InChI=1S/C7H3Cl2F2NO/c8-4-2-5(10)3(1-6(4)11)7(9)12-13/h1-2,13H/b12-7+. The Balaban J connectivity index is 3.32. The van der Waals surface area contributed by atoms with Gasteiger partial charge in [-0.1, -0.05) is 28.4 Å². The molecule has 0 radical (unpaired) electrons. The Morgan fingerprint density at radius 2 is 1.92 bits per heavy atom. The van der Waals surface area contributed by atoms with Crippen molar-refractivity contribution in [2.75, 3.05) is 0 Å². The number of halogens is 4. The second-order valence-electron chi connectivity index (χ2n) is 2.14. The van der Waals surface area contributed by atoms with Crippen molar-refractivity contribution in [3.8, 4) is 0 Å². The van der Waals surface area contributed by atoms with E-state index in [1.54, 1.807) is 0 Å². The van der Waals surface area contributed by atoms with Crippen LogP contribution in [0.3, 0.4) is 0 Å². The average molecular weight is 226 g/mol. The molecule has 2 nitrogen and oxygen atoms in total. The van der Waals surface area contributed by atoms with E-state index >= 15 is 0 Å². The third kappa shape index (κ3) is 2.08. The Bertz CT molecular complexity index is 368. The quantitative estimate of drug-likeness (QED) is 0.339. The minimum Gasteiger partial charge on any atom is -0.410 e. The molecule has 70 valence electrons. The minimum absolute atomic E-state index is 0.342. The molecule has 0 fully saturated rings. The zero-order valence-corrected chi connectivity index (χ0v) is 7.57. The number of rotatable bonds is 1. The number of oxime groups is 1. The van der Waals surface area contributed by atoms with Gasteiger partial charge in [-0.2, -0.15) is 0 Å². The van der Waals surface area contributed by atoms with Crippen LogP contribution in [-0.2, 0) is 0 Å². The van der Waals surface area contributed by atoms with Gasteiger partial charge in [-0.15, -0.1) is 0 Å². The highest BCUT2D eigenvalue weighted by molar-refractivity contribution is 6.69. The third-order valence-electron chi connectivity index (χ3n) is 1.32. The van der Waals surface area contributed by atoms with Crippen LogP contribution in [0.15, 0.2) is 17.3 Å². The van der Waals surface area contributed by atoms with Gasteiger partial charge in [0.2, 0.25) is 0 Å². The summed E-state index contributed by atoms with van der Waals surface area (Å²) in [6, 6.07) is 1.50. The van der Waals surface area contributed by atoms with Crippen LogP contribution >= 0.6 is 23.2 Å². The molecule has 0 heterocycles. The van der Waals surface area contributed by atoms with Crippen LogP contribution in [0, 0.1) is 11.6 Å². The van der Waals surface area contributed by atoms with Gasteiger partial charge in [-0.25, -0.2) is 8.78 Å². The van der Waals surface area contributed by atoms with Gasteiger partial charge in [0, 0.05) is 0 Å². The smallest absolute Gasteiger partial charge is 0.178 e. The lowest BCUT2D eigenvalue weighted by Crippen LogP contribution is -1.97. The van der Waals surface area contributed by atoms with Crippen molar-refractivity contribution in [3.63, 3.8) is 0 Å². The molecule has 0 aliphatic heterocycles. The van der Waals surface area contributed by atoms with Gasteiger partial charge in [-0.3, -0.25) is 0 Å². The predicted octanol–water partition coefficient (Wildman–Crippen LogP) is 2.99. The van der Waals surface area contributed by atoms with Crippen LogP contribution in [0.25, 0.3) is 0 Å². The van der Waals surface area contributed by atoms with E-state index in [0.717, 1.165) is 12.1 Å². The molecule has 1 aromatic carbocycles. The Morgan fingerprint density at radius 3 is 2.46 bits per heavy atom. The fourth-order valence-electron chi connectivity index (χ4n) is 0.735. The Morgan fingerprint density at radius 1 is 1.31 bits per heavy atom. The summed E-state index contributed by atoms with van der Waals surface area (Å²) in [6.45, 7) is 0. The van der Waals surface area contributed by atoms with E-state index in [2.05, 4.69) is 5.16 Å². The Hall–Kier alpha value is -0.870. The average Bonchev–Trinajstić information content (AvgIpc) is 2.10. The van der Waals surface area contributed by atoms with Gasteiger partial charge >= 0.3 is 0 Å². The molecule has 0 aliphatic rings.